The van der Waals surface area contributed by atoms with E-state index < -0.39 is 0 Å². The first-order valence-electron chi connectivity index (χ1n) is 4.38. The number of fused-ring (bicyclic) bond motifs is 2. The van der Waals surface area contributed by atoms with Gasteiger partial charge in [-0.05, 0) is 6.07 Å². The number of hydrogen-bond donors (Lipinski definition) is 0. The molecule has 1 fully saturated rings. The molecule has 13 heavy (non-hydrogen) atoms. The quantitative estimate of drug-likeness (QED) is 0.553. The van der Waals surface area contributed by atoms with Gasteiger partial charge in [-0.15, -0.1) is 0 Å². The lowest BCUT2D eigenvalue weighted by molar-refractivity contribution is -0.165. The summed E-state index contributed by atoms with van der Waals surface area (Å²) in [6.45, 7) is 0.708. The van der Waals surface area contributed by atoms with Gasteiger partial charge in [0.05, 0.1) is 13.0 Å². The van der Waals surface area contributed by atoms with Crippen molar-refractivity contribution in [3.63, 3.8) is 0 Å². The third-order valence-electron chi connectivity index (χ3n) is 2.59. The Hall–Kier alpha value is -1.51. The maximum Gasteiger partial charge on any atom is 0.231 e. The molecule has 3 heteroatoms. The number of carbonyl (C=O) groups excluding carboxylic acids is 1. The molecule has 0 bridgehead atoms. The number of nitrogens with zero attached hydrogens (tertiary/aromatic N) is 1. The van der Waals surface area contributed by atoms with Crippen LogP contribution in [0.5, 0.6) is 5.75 Å². The van der Waals surface area contributed by atoms with Gasteiger partial charge in [-0.1, -0.05) is 18.2 Å². The number of amides is 1. The zero-order valence-electron chi connectivity index (χ0n) is 7.06. The van der Waals surface area contributed by atoms with Crippen LogP contribution in [0.3, 0.4) is 0 Å². The minimum Gasteiger partial charge on any atom is -0.470 e. The zero-order valence-corrected chi connectivity index (χ0v) is 7.06. The SMILES string of the molecule is O=C1C[C@@H]2Oc3ccccc3CN12. The second-order valence-corrected chi connectivity index (χ2v) is 3.41. The molecule has 1 amide bonds. The molecular weight excluding hydrogens is 166 g/mol. The maximum absolute atomic E-state index is 11.1. The predicted molar refractivity (Wildman–Crippen MR) is 46.0 cm³/mol. The number of carbonyl (C=O) groups is 1. The van der Waals surface area contributed by atoms with Crippen molar-refractivity contribution in [2.24, 2.45) is 0 Å². The van der Waals surface area contributed by atoms with Crippen LogP contribution < -0.4 is 4.74 Å². The summed E-state index contributed by atoms with van der Waals surface area (Å²) in [5.41, 5.74) is 1.10. The standard InChI is InChI=1S/C10H9NO2/c12-9-5-10-11(9)6-7-3-1-2-4-8(7)13-10/h1-4,10H,5-6H2/t10-/m0/s1. The van der Waals surface area contributed by atoms with Gasteiger partial charge in [-0.25, -0.2) is 0 Å². The molecule has 0 unspecified atom stereocenters. The van der Waals surface area contributed by atoms with Gasteiger partial charge in [-0.3, -0.25) is 4.79 Å². The van der Waals surface area contributed by atoms with Crippen molar-refractivity contribution in [3.05, 3.63) is 29.8 Å². The van der Waals surface area contributed by atoms with E-state index in [1.165, 1.54) is 0 Å². The van der Waals surface area contributed by atoms with Gasteiger partial charge < -0.3 is 9.64 Å². The molecule has 1 atom stereocenters. The Morgan fingerprint density at radius 3 is 3.08 bits per heavy atom. The monoisotopic (exact) mass is 175 g/mol. The van der Waals surface area contributed by atoms with Crippen molar-refractivity contribution in [1.29, 1.82) is 0 Å². The highest BCUT2D eigenvalue weighted by atomic mass is 16.5. The third-order valence-corrected chi connectivity index (χ3v) is 2.59. The van der Waals surface area contributed by atoms with Crippen molar-refractivity contribution in [2.45, 2.75) is 19.2 Å². The summed E-state index contributed by atoms with van der Waals surface area (Å²) in [6.07, 6.45) is 0.538. The highest BCUT2D eigenvalue weighted by Gasteiger charge is 2.41. The summed E-state index contributed by atoms with van der Waals surface area (Å²) >= 11 is 0. The fourth-order valence-electron chi connectivity index (χ4n) is 1.80. The number of hydrogen-bond acceptors (Lipinski definition) is 2. The van der Waals surface area contributed by atoms with Crippen LogP contribution in [0.1, 0.15) is 12.0 Å². The first kappa shape index (κ1) is 6.95. The molecule has 1 saturated heterocycles. The molecule has 2 heterocycles. The third kappa shape index (κ3) is 0.869. The van der Waals surface area contributed by atoms with Crippen molar-refractivity contribution in [3.8, 4) is 5.75 Å². The minimum atomic E-state index is 0.00222. The van der Waals surface area contributed by atoms with E-state index >= 15 is 0 Å². The number of para-hydroxylation sites is 1. The van der Waals surface area contributed by atoms with Gasteiger partial charge in [-0.2, -0.15) is 0 Å². The maximum atomic E-state index is 11.1. The molecule has 3 nitrogen and oxygen atoms in total. The Labute approximate surface area is 75.9 Å². The van der Waals surface area contributed by atoms with E-state index in [-0.39, 0.29) is 12.1 Å². The van der Waals surface area contributed by atoms with E-state index in [1.54, 1.807) is 4.90 Å². The van der Waals surface area contributed by atoms with Gasteiger partial charge in [0.1, 0.15) is 5.75 Å². The summed E-state index contributed by atoms with van der Waals surface area (Å²) < 4.78 is 5.61. The van der Waals surface area contributed by atoms with Crippen molar-refractivity contribution in [2.75, 3.05) is 0 Å². The molecule has 3 rings (SSSR count). The van der Waals surface area contributed by atoms with Gasteiger partial charge in [0, 0.05) is 5.56 Å². The molecule has 0 spiro atoms. The topological polar surface area (TPSA) is 29.5 Å². The largest absolute Gasteiger partial charge is 0.470 e. The molecule has 0 saturated carbocycles. The Balaban J connectivity index is 1.99. The van der Waals surface area contributed by atoms with Gasteiger partial charge in [0.2, 0.25) is 5.91 Å². The van der Waals surface area contributed by atoms with E-state index in [2.05, 4.69) is 0 Å². The van der Waals surface area contributed by atoms with Gasteiger partial charge >= 0.3 is 0 Å². The second-order valence-electron chi connectivity index (χ2n) is 3.41. The smallest absolute Gasteiger partial charge is 0.231 e. The molecule has 2 aliphatic rings. The number of β-lactam (4-membered cyclic amide) rings is 1. The zero-order chi connectivity index (χ0) is 8.84. The highest BCUT2D eigenvalue weighted by Crippen LogP contribution is 2.33. The summed E-state index contributed by atoms with van der Waals surface area (Å²) in [5, 5.41) is 0. The average Bonchev–Trinajstić information content (AvgIpc) is 2.16. The van der Waals surface area contributed by atoms with Crippen LogP contribution in [0.2, 0.25) is 0 Å². The van der Waals surface area contributed by atoms with Gasteiger partial charge in [0.25, 0.3) is 0 Å². The lowest BCUT2D eigenvalue weighted by Crippen LogP contribution is -2.56. The molecule has 66 valence electrons. The van der Waals surface area contributed by atoms with Crippen LogP contribution in [0.15, 0.2) is 24.3 Å². The number of ether oxygens (including phenoxy) is 1. The van der Waals surface area contributed by atoms with Crippen LogP contribution in [0.25, 0.3) is 0 Å². The number of benzene rings is 1. The molecule has 0 N–H and O–H groups in total. The van der Waals surface area contributed by atoms with Crippen LogP contribution >= 0.6 is 0 Å². The molecule has 1 aromatic rings. The lowest BCUT2D eigenvalue weighted by atomic mass is 10.1. The van der Waals surface area contributed by atoms with Crippen molar-refractivity contribution in [1.82, 2.24) is 4.90 Å². The van der Waals surface area contributed by atoms with Gasteiger partial charge in [0.15, 0.2) is 6.23 Å². The van der Waals surface area contributed by atoms with Crippen molar-refractivity contribution >= 4 is 5.91 Å². The fraction of sp³-hybridized carbons (Fsp3) is 0.300. The lowest BCUT2D eigenvalue weighted by Gasteiger charge is -2.43. The second kappa shape index (κ2) is 2.25. The Morgan fingerprint density at radius 1 is 1.38 bits per heavy atom. The minimum absolute atomic E-state index is 0.00222. The summed E-state index contributed by atoms with van der Waals surface area (Å²) in [4.78, 5) is 12.9. The van der Waals surface area contributed by atoms with Crippen LogP contribution in [-0.2, 0) is 11.3 Å². The summed E-state index contributed by atoms with van der Waals surface area (Å²) in [7, 11) is 0. The van der Waals surface area contributed by atoms with E-state index in [1.807, 2.05) is 24.3 Å². The Kier molecular flexibility index (Phi) is 1.20. The molecule has 0 radical (unpaired) electrons. The molecule has 1 aromatic carbocycles. The molecule has 0 aliphatic carbocycles. The summed E-state index contributed by atoms with van der Waals surface area (Å²) in [6, 6.07) is 7.87. The predicted octanol–water partition coefficient (Wildman–Crippen LogP) is 1.14. The van der Waals surface area contributed by atoms with E-state index in [9.17, 15) is 4.79 Å². The Bertz CT molecular complexity index is 375. The number of rotatable bonds is 0. The molecule has 2 aliphatic heterocycles. The van der Waals surface area contributed by atoms with Crippen molar-refractivity contribution < 1.29 is 9.53 Å². The summed E-state index contributed by atoms with van der Waals surface area (Å²) in [5.74, 6) is 1.12. The van der Waals surface area contributed by atoms with Crippen LogP contribution in [0, 0.1) is 0 Å². The van der Waals surface area contributed by atoms with Crippen LogP contribution in [0.4, 0.5) is 0 Å². The first-order chi connectivity index (χ1) is 6.34. The molecule has 0 aromatic heterocycles. The highest BCUT2D eigenvalue weighted by molar-refractivity contribution is 5.83. The van der Waals surface area contributed by atoms with E-state index in [0.29, 0.717) is 13.0 Å². The van der Waals surface area contributed by atoms with E-state index in [0.717, 1.165) is 11.3 Å². The normalized spacial score (nSPS) is 24.2. The first-order valence-corrected chi connectivity index (χ1v) is 4.38. The Morgan fingerprint density at radius 2 is 2.23 bits per heavy atom. The molecular formula is C10H9NO2. The van der Waals surface area contributed by atoms with E-state index in [4.69, 9.17) is 4.74 Å². The van der Waals surface area contributed by atoms with Crippen LogP contribution in [-0.4, -0.2) is 17.0 Å². The average molecular weight is 175 g/mol. The fourth-order valence-corrected chi connectivity index (χ4v) is 1.80.